The van der Waals surface area contributed by atoms with Crippen LogP contribution >= 0.6 is 0 Å². The topological polar surface area (TPSA) is 68.3 Å². The largest absolute Gasteiger partial charge is 0.465 e. The molecule has 5 nitrogen and oxygen atoms in total. The van der Waals surface area contributed by atoms with Crippen LogP contribution in [-0.2, 0) is 4.79 Å². The molecule has 1 saturated carbocycles. The van der Waals surface area contributed by atoms with E-state index in [2.05, 4.69) is 10.3 Å². The van der Waals surface area contributed by atoms with Crippen molar-refractivity contribution in [1.82, 2.24) is 4.98 Å². The van der Waals surface area contributed by atoms with Gasteiger partial charge >= 0.3 is 0 Å². The SMILES string of the molecule is O=C(/C=C/c1ccco1)Nc1ccc2oc(C3CC3)nc2c1. The summed E-state index contributed by atoms with van der Waals surface area (Å²) in [4.78, 5) is 16.4. The lowest BCUT2D eigenvalue weighted by molar-refractivity contribution is -0.111. The highest BCUT2D eigenvalue weighted by molar-refractivity contribution is 6.02. The van der Waals surface area contributed by atoms with E-state index in [1.54, 1.807) is 24.5 Å². The normalized spacial score (nSPS) is 14.7. The van der Waals surface area contributed by atoms with Crippen LogP contribution in [0.3, 0.4) is 0 Å². The molecule has 0 bridgehead atoms. The van der Waals surface area contributed by atoms with Crippen LogP contribution in [-0.4, -0.2) is 10.9 Å². The fourth-order valence-corrected chi connectivity index (χ4v) is 2.26. The molecular weight excluding hydrogens is 280 g/mol. The van der Waals surface area contributed by atoms with E-state index in [-0.39, 0.29) is 5.91 Å². The summed E-state index contributed by atoms with van der Waals surface area (Å²) in [5.41, 5.74) is 2.22. The molecule has 1 aromatic carbocycles. The number of rotatable bonds is 4. The molecule has 2 aromatic heterocycles. The molecule has 22 heavy (non-hydrogen) atoms. The van der Waals surface area contributed by atoms with Gasteiger partial charge in [0.05, 0.1) is 6.26 Å². The van der Waals surface area contributed by atoms with Gasteiger partial charge in [-0.25, -0.2) is 4.98 Å². The molecule has 3 aromatic rings. The quantitative estimate of drug-likeness (QED) is 0.740. The van der Waals surface area contributed by atoms with Gasteiger partial charge in [-0.1, -0.05) is 0 Å². The number of aromatic nitrogens is 1. The van der Waals surface area contributed by atoms with Crippen molar-refractivity contribution < 1.29 is 13.6 Å². The van der Waals surface area contributed by atoms with Gasteiger partial charge < -0.3 is 14.2 Å². The van der Waals surface area contributed by atoms with E-state index < -0.39 is 0 Å². The van der Waals surface area contributed by atoms with Crippen LogP contribution in [0.15, 0.2) is 51.5 Å². The monoisotopic (exact) mass is 294 g/mol. The summed E-state index contributed by atoms with van der Waals surface area (Å²) >= 11 is 0. The lowest BCUT2D eigenvalue weighted by atomic mass is 10.3. The summed E-state index contributed by atoms with van der Waals surface area (Å²) < 4.78 is 10.8. The first-order chi connectivity index (χ1) is 10.8. The number of benzene rings is 1. The Hall–Kier alpha value is -2.82. The van der Waals surface area contributed by atoms with Gasteiger partial charge in [0.15, 0.2) is 11.5 Å². The average molecular weight is 294 g/mol. The molecule has 0 aliphatic heterocycles. The summed E-state index contributed by atoms with van der Waals surface area (Å²) in [6.07, 6.45) is 6.91. The van der Waals surface area contributed by atoms with Crippen LogP contribution in [0.25, 0.3) is 17.2 Å². The summed E-state index contributed by atoms with van der Waals surface area (Å²) in [6.45, 7) is 0. The van der Waals surface area contributed by atoms with E-state index in [9.17, 15) is 4.79 Å². The number of furan rings is 1. The number of hydrogen-bond acceptors (Lipinski definition) is 4. The first-order valence-electron chi connectivity index (χ1n) is 7.21. The van der Waals surface area contributed by atoms with Crippen molar-refractivity contribution in [3.05, 3.63) is 54.3 Å². The minimum Gasteiger partial charge on any atom is -0.465 e. The number of nitrogens with zero attached hydrogens (tertiary/aromatic N) is 1. The molecule has 110 valence electrons. The summed E-state index contributed by atoms with van der Waals surface area (Å²) in [6, 6.07) is 9.02. The van der Waals surface area contributed by atoms with Gasteiger partial charge in [-0.2, -0.15) is 0 Å². The van der Waals surface area contributed by atoms with E-state index in [1.165, 1.54) is 6.08 Å². The summed E-state index contributed by atoms with van der Waals surface area (Å²) in [7, 11) is 0. The predicted octanol–water partition coefficient (Wildman–Crippen LogP) is 3.95. The Balaban J connectivity index is 1.49. The lowest BCUT2D eigenvalue weighted by Gasteiger charge is -2.00. The van der Waals surface area contributed by atoms with Gasteiger partial charge in [-0.15, -0.1) is 0 Å². The molecule has 0 unspecified atom stereocenters. The van der Waals surface area contributed by atoms with Crippen LogP contribution in [0.2, 0.25) is 0 Å². The zero-order chi connectivity index (χ0) is 14.9. The molecule has 1 amide bonds. The fourth-order valence-electron chi connectivity index (χ4n) is 2.26. The Labute approximate surface area is 126 Å². The first kappa shape index (κ1) is 12.9. The fraction of sp³-hybridized carbons (Fsp3) is 0.176. The van der Waals surface area contributed by atoms with Crippen LogP contribution in [0.5, 0.6) is 0 Å². The Morgan fingerprint density at radius 3 is 3.00 bits per heavy atom. The van der Waals surface area contributed by atoms with Gasteiger partial charge in [-0.3, -0.25) is 4.79 Å². The highest BCUT2D eigenvalue weighted by Crippen LogP contribution is 2.40. The van der Waals surface area contributed by atoms with Crippen molar-refractivity contribution >= 4 is 28.8 Å². The molecule has 0 spiro atoms. The number of amides is 1. The standard InChI is InChI=1S/C17H14N2O3/c20-16(8-6-13-2-1-9-21-13)18-12-5-7-15-14(10-12)19-17(22-15)11-3-4-11/h1-2,5-11H,3-4H2,(H,18,20)/b8-6+. The molecule has 4 rings (SSSR count). The van der Waals surface area contributed by atoms with E-state index in [0.717, 1.165) is 29.8 Å². The smallest absolute Gasteiger partial charge is 0.248 e. The molecule has 1 fully saturated rings. The van der Waals surface area contributed by atoms with E-state index in [4.69, 9.17) is 8.83 Å². The zero-order valence-electron chi connectivity index (χ0n) is 11.8. The van der Waals surface area contributed by atoms with Crippen molar-refractivity contribution in [3.8, 4) is 0 Å². The van der Waals surface area contributed by atoms with Gasteiger partial charge in [0.1, 0.15) is 11.3 Å². The molecular formula is C17H14N2O3. The van der Waals surface area contributed by atoms with E-state index in [1.807, 2.05) is 18.2 Å². The molecule has 0 radical (unpaired) electrons. The highest BCUT2D eigenvalue weighted by Gasteiger charge is 2.28. The molecule has 2 heterocycles. The Kier molecular flexibility index (Phi) is 3.04. The number of carbonyl (C=O) groups is 1. The number of hydrogen-bond donors (Lipinski definition) is 1. The number of fused-ring (bicyclic) bond motifs is 1. The zero-order valence-corrected chi connectivity index (χ0v) is 11.8. The molecule has 1 aliphatic carbocycles. The second kappa shape index (κ2) is 5.18. The lowest BCUT2D eigenvalue weighted by Crippen LogP contribution is -2.07. The van der Waals surface area contributed by atoms with E-state index >= 15 is 0 Å². The molecule has 0 saturated heterocycles. The molecule has 5 heteroatoms. The summed E-state index contributed by atoms with van der Waals surface area (Å²) in [5.74, 6) is 1.69. The van der Waals surface area contributed by atoms with Crippen LogP contribution in [0.4, 0.5) is 5.69 Å². The van der Waals surface area contributed by atoms with Crippen LogP contribution in [0.1, 0.15) is 30.4 Å². The number of carbonyl (C=O) groups excluding carboxylic acids is 1. The number of oxazole rings is 1. The van der Waals surface area contributed by atoms with Crippen molar-refractivity contribution in [2.24, 2.45) is 0 Å². The molecule has 0 atom stereocenters. The maximum Gasteiger partial charge on any atom is 0.248 e. The van der Waals surface area contributed by atoms with Gasteiger partial charge in [0, 0.05) is 17.7 Å². The van der Waals surface area contributed by atoms with Gasteiger partial charge in [0.25, 0.3) is 0 Å². The van der Waals surface area contributed by atoms with Crippen molar-refractivity contribution in [1.29, 1.82) is 0 Å². The first-order valence-corrected chi connectivity index (χ1v) is 7.21. The van der Waals surface area contributed by atoms with Crippen LogP contribution < -0.4 is 5.32 Å². The maximum atomic E-state index is 11.9. The average Bonchev–Trinajstić information content (AvgIpc) is 3.08. The van der Waals surface area contributed by atoms with Gasteiger partial charge in [0.2, 0.25) is 5.91 Å². The highest BCUT2D eigenvalue weighted by atomic mass is 16.3. The Morgan fingerprint density at radius 2 is 2.23 bits per heavy atom. The minimum atomic E-state index is -0.221. The maximum absolute atomic E-state index is 11.9. The third-order valence-electron chi connectivity index (χ3n) is 3.54. The second-order valence-electron chi connectivity index (χ2n) is 5.35. The summed E-state index contributed by atoms with van der Waals surface area (Å²) in [5, 5.41) is 2.80. The second-order valence-corrected chi connectivity index (χ2v) is 5.35. The minimum absolute atomic E-state index is 0.221. The van der Waals surface area contributed by atoms with Crippen molar-refractivity contribution in [2.75, 3.05) is 5.32 Å². The van der Waals surface area contributed by atoms with E-state index in [0.29, 0.717) is 17.4 Å². The number of nitrogens with one attached hydrogen (secondary N) is 1. The third kappa shape index (κ3) is 2.65. The number of anilines is 1. The van der Waals surface area contributed by atoms with Crippen LogP contribution in [0, 0.1) is 0 Å². The predicted molar refractivity (Wildman–Crippen MR) is 82.4 cm³/mol. The third-order valence-corrected chi connectivity index (χ3v) is 3.54. The molecule has 1 N–H and O–H groups in total. The van der Waals surface area contributed by atoms with Crippen molar-refractivity contribution in [2.45, 2.75) is 18.8 Å². The Morgan fingerprint density at radius 1 is 1.32 bits per heavy atom. The Bertz CT molecular complexity index is 842. The van der Waals surface area contributed by atoms with Crippen molar-refractivity contribution in [3.63, 3.8) is 0 Å². The van der Waals surface area contributed by atoms with Gasteiger partial charge in [-0.05, 0) is 49.2 Å². The molecule has 1 aliphatic rings.